The summed E-state index contributed by atoms with van der Waals surface area (Å²) in [6.45, 7) is 5.00. The maximum absolute atomic E-state index is 12.3. The first-order valence-corrected chi connectivity index (χ1v) is 7.42. The second-order valence-electron chi connectivity index (χ2n) is 5.62. The molecule has 23 heavy (non-hydrogen) atoms. The van der Waals surface area contributed by atoms with E-state index in [1.54, 1.807) is 46.2 Å². The number of nitrogens with one attached hydrogen (secondary N) is 1. The first kappa shape index (κ1) is 15.0. The maximum Gasteiger partial charge on any atom is 0.276 e. The van der Waals surface area contributed by atoms with E-state index < -0.39 is 0 Å². The van der Waals surface area contributed by atoms with Gasteiger partial charge >= 0.3 is 0 Å². The normalized spacial score (nSPS) is 10.9. The summed E-state index contributed by atoms with van der Waals surface area (Å²) in [4.78, 5) is 16.5. The largest absolute Gasteiger partial charge is 0.320 e. The van der Waals surface area contributed by atoms with Gasteiger partial charge in [0.1, 0.15) is 0 Å². The highest BCUT2D eigenvalue weighted by Gasteiger charge is 2.11. The SMILES string of the molecule is CC(C)Cn1ccc(C(=O)Nc2ccnc(-n3cccn3)c2)n1. The van der Waals surface area contributed by atoms with Gasteiger partial charge in [-0.25, -0.2) is 9.67 Å². The summed E-state index contributed by atoms with van der Waals surface area (Å²) in [5.74, 6) is 0.867. The quantitative estimate of drug-likeness (QED) is 0.785. The van der Waals surface area contributed by atoms with Crippen molar-refractivity contribution in [3.8, 4) is 5.82 Å². The Kier molecular flexibility index (Phi) is 4.18. The van der Waals surface area contributed by atoms with Crippen LogP contribution in [0.3, 0.4) is 0 Å². The van der Waals surface area contributed by atoms with Gasteiger partial charge in [0.25, 0.3) is 5.91 Å². The lowest BCUT2D eigenvalue weighted by molar-refractivity contribution is 0.102. The molecule has 0 aromatic carbocycles. The molecule has 0 aliphatic carbocycles. The van der Waals surface area contributed by atoms with Crippen LogP contribution in [-0.4, -0.2) is 30.5 Å². The topological polar surface area (TPSA) is 77.6 Å². The lowest BCUT2D eigenvalue weighted by Gasteiger charge is -2.06. The van der Waals surface area contributed by atoms with Crippen molar-refractivity contribution in [2.45, 2.75) is 20.4 Å². The van der Waals surface area contributed by atoms with Gasteiger partial charge in [-0.1, -0.05) is 13.8 Å². The van der Waals surface area contributed by atoms with Gasteiger partial charge in [0.15, 0.2) is 11.5 Å². The Morgan fingerprint density at radius 1 is 1.26 bits per heavy atom. The second-order valence-corrected chi connectivity index (χ2v) is 5.62. The highest BCUT2D eigenvalue weighted by Crippen LogP contribution is 2.12. The molecule has 1 amide bonds. The summed E-state index contributed by atoms with van der Waals surface area (Å²) in [5.41, 5.74) is 1.04. The number of hydrogen-bond donors (Lipinski definition) is 1. The molecule has 7 nitrogen and oxygen atoms in total. The van der Waals surface area contributed by atoms with Gasteiger partial charge < -0.3 is 5.32 Å². The van der Waals surface area contributed by atoms with Crippen LogP contribution in [0.25, 0.3) is 5.82 Å². The van der Waals surface area contributed by atoms with Crippen molar-refractivity contribution in [2.24, 2.45) is 5.92 Å². The first-order valence-electron chi connectivity index (χ1n) is 7.42. The highest BCUT2D eigenvalue weighted by atomic mass is 16.1. The third-order valence-electron chi connectivity index (χ3n) is 3.17. The minimum atomic E-state index is -0.245. The number of nitrogens with zero attached hydrogens (tertiary/aromatic N) is 5. The van der Waals surface area contributed by atoms with E-state index in [4.69, 9.17) is 0 Å². The molecule has 3 heterocycles. The lowest BCUT2D eigenvalue weighted by Crippen LogP contribution is -2.14. The Morgan fingerprint density at radius 3 is 2.87 bits per heavy atom. The number of anilines is 1. The van der Waals surface area contributed by atoms with Crippen molar-refractivity contribution in [1.82, 2.24) is 24.5 Å². The van der Waals surface area contributed by atoms with Gasteiger partial charge in [-0.15, -0.1) is 0 Å². The summed E-state index contributed by atoms with van der Waals surface area (Å²) >= 11 is 0. The average molecular weight is 310 g/mol. The van der Waals surface area contributed by atoms with E-state index >= 15 is 0 Å². The van der Waals surface area contributed by atoms with Crippen LogP contribution in [0.2, 0.25) is 0 Å². The Morgan fingerprint density at radius 2 is 2.13 bits per heavy atom. The Balaban J connectivity index is 1.73. The molecule has 7 heteroatoms. The van der Waals surface area contributed by atoms with Crippen molar-refractivity contribution in [3.63, 3.8) is 0 Å². The molecule has 0 unspecified atom stereocenters. The number of pyridine rings is 1. The summed E-state index contributed by atoms with van der Waals surface area (Å²) < 4.78 is 3.41. The molecule has 0 atom stereocenters. The van der Waals surface area contributed by atoms with E-state index in [1.165, 1.54) is 0 Å². The van der Waals surface area contributed by atoms with Gasteiger partial charge in [0, 0.05) is 43.1 Å². The zero-order chi connectivity index (χ0) is 16.2. The van der Waals surface area contributed by atoms with E-state index in [0.29, 0.717) is 23.1 Å². The number of hydrogen-bond acceptors (Lipinski definition) is 4. The number of carbonyl (C=O) groups excluding carboxylic acids is 1. The van der Waals surface area contributed by atoms with Crippen LogP contribution in [0.5, 0.6) is 0 Å². The van der Waals surface area contributed by atoms with Crippen LogP contribution in [-0.2, 0) is 6.54 Å². The maximum atomic E-state index is 12.3. The Bertz CT molecular complexity index is 791. The molecule has 118 valence electrons. The van der Waals surface area contributed by atoms with E-state index in [1.807, 2.05) is 12.3 Å². The number of carbonyl (C=O) groups is 1. The average Bonchev–Trinajstić information content (AvgIpc) is 3.18. The van der Waals surface area contributed by atoms with E-state index in [9.17, 15) is 4.79 Å². The van der Waals surface area contributed by atoms with E-state index in [2.05, 4.69) is 34.3 Å². The molecule has 3 rings (SSSR count). The van der Waals surface area contributed by atoms with Crippen LogP contribution in [0.15, 0.2) is 49.1 Å². The molecule has 0 radical (unpaired) electrons. The Hall–Kier alpha value is -2.96. The standard InChI is InChI=1S/C16H18N6O/c1-12(2)11-21-9-5-14(20-21)16(23)19-13-4-7-17-15(10-13)22-8-3-6-18-22/h3-10,12H,11H2,1-2H3,(H,17,19,23). The predicted octanol–water partition coefficient (Wildman–Crippen LogP) is 2.37. The van der Waals surface area contributed by atoms with Crippen molar-refractivity contribution in [1.29, 1.82) is 0 Å². The first-order chi connectivity index (χ1) is 11.1. The van der Waals surface area contributed by atoms with E-state index in [0.717, 1.165) is 6.54 Å². The number of aromatic nitrogens is 5. The van der Waals surface area contributed by atoms with Gasteiger partial charge in [0.05, 0.1) is 0 Å². The molecule has 0 saturated carbocycles. The summed E-state index contributed by atoms with van der Waals surface area (Å²) in [5, 5.41) is 11.2. The predicted molar refractivity (Wildman–Crippen MR) is 86.4 cm³/mol. The summed E-state index contributed by atoms with van der Waals surface area (Å²) in [6, 6.07) is 7.02. The second kappa shape index (κ2) is 6.43. The van der Waals surface area contributed by atoms with Crippen LogP contribution in [0, 0.1) is 5.92 Å². The van der Waals surface area contributed by atoms with Crippen LogP contribution in [0.4, 0.5) is 5.69 Å². The van der Waals surface area contributed by atoms with Crippen LogP contribution in [0.1, 0.15) is 24.3 Å². The minimum absolute atomic E-state index is 0.245. The summed E-state index contributed by atoms with van der Waals surface area (Å²) in [6.07, 6.45) is 6.91. The smallest absolute Gasteiger partial charge is 0.276 e. The van der Waals surface area contributed by atoms with Gasteiger partial charge in [-0.05, 0) is 24.1 Å². The van der Waals surface area contributed by atoms with Crippen molar-refractivity contribution < 1.29 is 4.79 Å². The molecule has 3 aromatic heterocycles. The molecule has 0 bridgehead atoms. The van der Waals surface area contributed by atoms with Crippen LogP contribution >= 0.6 is 0 Å². The molecule has 0 spiro atoms. The molecular weight excluding hydrogens is 292 g/mol. The zero-order valence-corrected chi connectivity index (χ0v) is 13.0. The number of amides is 1. The highest BCUT2D eigenvalue weighted by molar-refractivity contribution is 6.02. The third-order valence-corrected chi connectivity index (χ3v) is 3.17. The van der Waals surface area contributed by atoms with Crippen molar-refractivity contribution in [2.75, 3.05) is 5.32 Å². The molecule has 3 aromatic rings. The molecular formula is C16H18N6O. The molecule has 1 N–H and O–H groups in total. The zero-order valence-electron chi connectivity index (χ0n) is 13.0. The lowest BCUT2D eigenvalue weighted by atomic mass is 10.2. The van der Waals surface area contributed by atoms with Gasteiger partial charge in [0.2, 0.25) is 0 Å². The fraction of sp³-hybridized carbons (Fsp3) is 0.250. The van der Waals surface area contributed by atoms with Gasteiger partial charge in [-0.3, -0.25) is 9.48 Å². The molecule has 0 saturated heterocycles. The fourth-order valence-electron chi connectivity index (χ4n) is 2.18. The summed E-state index contributed by atoms with van der Waals surface area (Å²) in [7, 11) is 0. The Labute approximate surface area is 134 Å². The van der Waals surface area contributed by atoms with E-state index in [-0.39, 0.29) is 5.91 Å². The van der Waals surface area contributed by atoms with Crippen molar-refractivity contribution >= 4 is 11.6 Å². The molecule has 0 aliphatic heterocycles. The molecule has 0 aliphatic rings. The van der Waals surface area contributed by atoms with Crippen molar-refractivity contribution in [3.05, 3.63) is 54.7 Å². The minimum Gasteiger partial charge on any atom is -0.320 e. The fourth-order valence-corrected chi connectivity index (χ4v) is 2.18. The van der Waals surface area contributed by atoms with Gasteiger partial charge in [-0.2, -0.15) is 10.2 Å². The number of rotatable bonds is 5. The monoisotopic (exact) mass is 310 g/mol. The molecule has 0 fully saturated rings. The van der Waals surface area contributed by atoms with Crippen LogP contribution < -0.4 is 5.32 Å². The third kappa shape index (κ3) is 3.63.